The van der Waals surface area contributed by atoms with Crippen molar-refractivity contribution < 1.29 is 9.90 Å². The van der Waals surface area contributed by atoms with Gasteiger partial charge in [-0.1, -0.05) is 18.2 Å². The molecular formula is C5H6ClNO2. The highest BCUT2D eigenvalue weighted by Crippen LogP contribution is 1.88. The lowest BCUT2D eigenvalue weighted by Crippen LogP contribution is -1.78. The van der Waals surface area contributed by atoms with E-state index in [0.29, 0.717) is 0 Å². The van der Waals surface area contributed by atoms with Gasteiger partial charge >= 0.3 is 0 Å². The van der Waals surface area contributed by atoms with Crippen LogP contribution >= 0.6 is 11.6 Å². The largest absolute Gasteiger partial charge is 0.481 e. The molecule has 0 atom stereocenters. The second-order valence-corrected chi connectivity index (χ2v) is 1.49. The van der Waals surface area contributed by atoms with Crippen molar-refractivity contribution in [3.05, 3.63) is 11.6 Å². The molecule has 3 nitrogen and oxygen atoms in total. The van der Waals surface area contributed by atoms with E-state index in [0.717, 1.165) is 6.92 Å². The third kappa shape index (κ3) is 178. The summed E-state index contributed by atoms with van der Waals surface area (Å²) in [4.78, 5) is 9.00. The molecular weight excluding hydrogens is 142 g/mol. The van der Waals surface area contributed by atoms with Crippen molar-refractivity contribution in [3.8, 4) is 6.07 Å². The van der Waals surface area contributed by atoms with Crippen LogP contribution in [0.4, 0.5) is 0 Å². The zero-order valence-electron chi connectivity index (χ0n) is 4.89. The minimum atomic E-state index is -0.833. The van der Waals surface area contributed by atoms with E-state index < -0.39 is 5.97 Å². The number of allylic oxidation sites excluding steroid dienone is 1. The molecule has 0 aromatic heterocycles. The summed E-state index contributed by atoms with van der Waals surface area (Å²) in [7, 11) is 0. The van der Waals surface area contributed by atoms with Crippen LogP contribution in [0.2, 0.25) is 0 Å². The molecule has 0 fully saturated rings. The van der Waals surface area contributed by atoms with E-state index in [9.17, 15) is 0 Å². The number of halogens is 1. The first kappa shape index (κ1) is 10.9. The van der Waals surface area contributed by atoms with Gasteiger partial charge in [-0.25, -0.2) is 0 Å². The van der Waals surface area contributed by atoms with E-state index in [-0.39, 0.29) is 5.03 Å². The van der Waals surface area contributed by atoms with Crippen molar-refractivity contribution in [1.29, 1.82) is 5.26 Å². The highest BCUT2D eigenvalue weighted by molar-refractivity contribution is 6.31. The number of rotatable bonds is 0. The molecule has 0 heterocycles. The predicted octanol–water partition coefficient (Wildman–Crippen LogP) is 1.35. The molecule has 50 valence electrons. The summed E-state index contributed by atoms with van der Waals surface area (Å²) in [6.45, 7) is 4.16. The first-order valence-electron chi connectivity index (χ1n) is 1.94. The van der Waals surface area contributed by atoms with Crippen LogP contribution in [0.3, 0.4) is 0 Å². The quantitative estimate of drug-likeness (QED) is 0.526. The Morgan fingerprint density at radius 1 is 1.89 bits per heavy atom. The molecule has 0 saturated heterocycles. The molecule has 9 heavy (non-hydrogen) atoms. The average Bonchev–Trinajstić information content (AvgIpc) is 1.65. The summed E-state index contributed by atoms with van der Waals surface area (Å²) in [6.07, 6.45) is 0. The van der Waals surface area contributed by atoms with Crippen molar-refractivity contribution in [2.75, 3.05) is 0 Å². The van der Waals surface area contributed by atoms with Crippen molar-refractivity contribution >= 4 is 17.6 Å². The monoisotopic (exact) mass is 147 g/mol. The van der Waals surface area contributed by atoms with Crippen molar-refractivity contribution in [2.24, 2.45) is 0 Å². The van der Waals surface area contributed by atoms with E-state index in [1.807, 2.05) is 0 Å². The fourth-order valence-corrected chi connectivity index (χ4v) is 0. The summed E-state index contributed by atoms with van der Waals surface area (Å²) in [5, 5.41) is 15.1. The average molecular weight is 148 g/mol. The maximum absolute atomic E-state index is 9.00. The number of aliphatic carboxylic acids is 1. The summed E-state index contributed by atoms with van der Waals surface area (Å²) in [5.74, 6) is -0.833. The third-order valence-corrected chi connectivity index (χ3v) is 0.206. The van der Waals surface area contributed by atoms with Crippen molar-refractivity contribution in [2.45, 2.75) is 6.92 Å². The molecule has 0 bridgehead atoms. The lowest BCUT2D eigenvalue weighted by molar-refractivity contribution is -0.134. The molecule has 0 aliphatic rings. The highest BCUT2D eigenvalue weighted by Gasteiger charge is 1.68. The topological polar surface area (TPSA) is 61.1 Å². The zero-order valence-corrected chi connectivity index (χ0v) is 5.64. The minimum absolute atomic E-state index is 0.0324. The maximum Gasteiger partial charge on any atom is 0.300 e. The molecule has 0 spiro atoms. The Morgan fingerprint density at radius 2 is 2.00 bits per heavy atom. The summed E-state index contributed by atoms with van der Waals surface area (Å²) >= 11 is 4.91. The van der Waals surface area contributed by atoms with Gasteiger partial charge in [-0.15, -0.1) is 0 Å². The van der Waals surface area contributed by atoms with Crippen molar-refractivity contribution in [3.63, 3.8) is 0 Å². The summed E-state index contributed by atoms with van der Waals surface area (Å²) < 4.78 is 0. The first-order valence-corrected chi connectivity index (χ1v) is 2.32. The predicted molar refractivity (Wildman–Crippen MR) is 33.9 cm³/mol. The Balaban J connectivity index is 0. The molecule has 0 rings (SSSR count). The number of carboxylic acids is 1. The van der Waals surface area contributed by atoms with Crippen LogP contribution in [0.25, 0.3) is 0 Å². The third-order valence-electron chi connectivity index (χ3n) is 0.121. The Kier molecular flexibility index (Phi) is 8.45. The standard InChI is InChI=1S/C3H2ClN.C2H4O2/c1-3(4)2-5;1-2(3)4/h1H2;1H3,(H,3,4). The number of nitriles is 1. The summed E-state index contributed by atoms with van der Waals surface area (Å²) in [6, 6.07) is 1.60. The number of hydrogen-bond acceptors (Lipinski definition) is 2. The lowest BCUT2D eigenvalue weighted by Gasteiger charge is -1.59. The molecule has 0 aromatic carbocycles. The first-order chi connectivity index (χ1) is 4.00. The van der Waals surface area contributed by atoms with Gasteiger partial charge in [0.15, 0.2) is 0 Å². The molecule has 4 heteroatoms. The Bertz CT molecular complexity index is 144. The molecule has 0 unspecified atom stereocenters. The van der Waals surface area contributed by atoms with Crippen molar-refractivity contribution in [1.82, 2.24) is 0 Å². The zero-order chi connectivity index (χ0) is 7.86. The van der Waals surface area contributed by atoms with E-state index in [2.05, 4.69) is 6.58 Å². The molecule has 1 N–H and O–H groups in total. The molecule has 0 aliphatic carbocycles. The number of carbonyl (C=O) groups is 1. The second-order valence-electron chi connectivity index (χ2n) is 1.04. The van der Waals surface area contributed by atoms with Gasteiger partial charge in [0.25, 0.3) is 5.97 Å². The second kappa shape index (κ2) is 6.99. The fourth-order valence-electron chi connectivity index (χ4n) is 0. The van der Waals surface area contributed by atoms with Gasteiger partial charge in [0.05, 0.1) is 0 Å². The van der Waals surface area contributed by atoms with E-state index in [1.165, 1.54) is 0 Å². The number of nitrogens with zero attached hydrogens (tertiary/aromatic N) is 1. The molecule has 0 amide bonds. The SMILES string of the molecule is C=C(Cl)C#N.CC(=O)O. The van der Waals surface area contributed by atoms with Crippen LogP contribution in [-0.2, 0) is 4.79 Å². The van der Waals surface area contributed by atoms with Crippen LogP contribution < -0.4 is 0 Å². The smallest absolute Gasteiger partial charge is 0.300 e. The van der Waals surface area contributed by atoms with Crippen LogP contribution in [0.5, 0.6) is 0 Å². The Morgan fingerprint density at radius 3 is 2.00 bits per heavy atom. The molecule has 0 aliphatic heterocycles. The van der Waals surface area contributed by atoms with Gasteiger partial charge in [0.1, 0.15) is 11.1 Å². The summed E-state index contributed by atoms with van der Waals surface area (Å²) in [5.41, 5.74) is 0. The number of carboxylic acid groups (broad SMARTS) is 1. The van der Waals surface area contributed by atoms with Gasteiger partial charge in [0.2, 0.25) is 0 Å². The van der Waals surface area contributed by atoms with Crippen LogP contribution in [0.15, 0.2) is 11.6 Å². The van der Waals surface area contributed by atoms with Crippen LogP contribution in [0, 0.1) is 11.3 Å². The minimum Gasteiger partial charge on any atom is -0.481 e. The Hall–Kier alpha value is -1.01. The highest BCUT2D eigenvalue weighted by atomic mass is 35.5. The van der Waals surface area contributed by atoms with E-state index in [4.69, 9.17) is 26.8 Å². The van der Waals surface area contributed by atoms with E-state index >= 15 is 0 Å². The van der Waals surface area contributed by atoms with E-state index in [1.54, 1.807) is 6.07 Å². The number of hydrogen-bond donors (Lipinski definition) is 1. The van der Waals surface area contributed by atoms with Crippen LogP contribution in [-0.4, -0.2) is 11.1 Å². The fraction of sp³-hybridized carbons (Fsp3) is 0.200. The normalized spacial score (nSPS) is 5.89. The molecule has 0 aromatic rings. The van der Waals surface area contributed by atoms with Gasteiger partial charge in [-0.2, -0.15) is 5.26 Å². The lowest BCUT2D eigenvalue weighted by atomic mass is 10.7. The molecule has 0 radical (unpaired) electrons. The Labute approximate surface area is 58.2 Å². The van der Waals surface area contributed by atoms with Gasteiger partial charge < -0.3 is 5.11 Å². The van der Waals surface area contributed by atoms with Gasteiger partial charge in [-0.3, -0.25) is 4.79 Å². The molecule has 0 saturated carbocycles. The van der Waals surface area contributed by atoms with Gasteiger partial charge in [-0.05, 0) is 0 Å². The van der Waals surface area contributed by atoms with Crippen LogP contribution in [0.1, 0.15) is 6.92 Å². The maximum atomic E-state index is 9.00. The van der Waals surface area contributed by atoms with Gasteiger partial charge in [0, 0.05) is 6.92 Å².